The van der Waals surface area contributed by atoms with Crippen LogP contribution in [0.4, 0.5) is 0 Å². The van der Waals surface area contributed by atoms with Crippen LogP contribution in [0.2, 0.25) is 0 Å². The fraction of sp³-hybridized carbons (Fsp3) is 0.333. The van der Waals surface area contributed by atoms with Gasteiger partial charge in [-0.05, 0) is 24.5 Å². The van der Waals surface area contributed by atoms with Gasteiger partial charge in [-0.15, -0.1) is 0 Å². The number of benzene rings is 1. The molecule has 0 spiro atoms. The molecular weight excluding hydrogens is 138 g/mol. The van der Waals surface area contributed by atoms with Gasteiger partial charge in [0.25, 0.3) is 0 Å². The van der Waals surface area contributed by atoms with Crippen LogP contribution in [0.25, 0.3) is 0 Å². The highest BCUT2D eigenvalue weighted by molar-refractivity contribution is 5.13. The number of hydrogen-bond donors (Lipinski definition) is 2. The normalized spacial score (nSPS) is 12.9. The first-order valence-electron chi connectivity index (χ1n) is 3.67. The summed E-state index contributed by atoms with van der Waals surface area (Å²) < 4.78 is 0. The van der Waals surface area contributed by atoms with Crippen LogP contribution in [0.15, 0.2) is 24.3 Å². The van der Waals surface area contributed by atoms with Gasteiger partial charge in [-0.1, -0.05) is 24.3 Å². The highest BCUT2D eigenvalue weighted by Crippen LogP contribution is 2.01. The summed E-state index contributed by atoms with van der Waals surface area (Å²) in [7, 11) is 0. The molecule has 1 rings (SSSR count). The van der Waals surface area contributed by atoms with E-state index in [4.69, 9.17) is 10.8 Å². The first-order valence-corrected chi connectivity index (χ1v) is 3.67. The van der Waals surface area contributed by atoms with Crippen molar-refractivity contribution in [2.45, 2.75) is 19.1 Å². The Kier molecular flexibility index (Phi) is 3.08. The van der Waals surface area contributed by atoms with Crippen LogP contribution in [0, 0.1) is 6.07 Å². The van der Waals surface area contributed by atoms with Crippen molar-refractivity contribution in [3.63, 3.8) is 0 Å². The first-order chi connectivity index (χ1) is 5.29. The molecule has 0 aliphatic carbocycles. The Labute approximate surface area is 66.7 Å². The van der Waals surface area contributed by atoms with Gasteiger partial charge >= 0.3 is 0 Å². The minimum absolute atomic E-state index is 0.609. The van der Waals surface area contributed by atoms with Crippen molar-refractivity contribution in [3.05, 3.63) is 35.9 Å². The van der Waals surface area contributed by atoms with Crippen LogP contribution in [0.5, 0.6) is 0 Å². The van der Waals surface area contributed by atoms with Gasteiger partial charge in [0, 0.05) is 0 Å². The molecule has 0 aromatic heterocycles. The summed E-state index contributed by atoms with van der Waals surface area (Å²) in [6, 6.07) is 10.6. The Morgan fingerprint density at radius 1 is 1.64 bits per heavy atom. The Morgan fingerprint density at radius 3 is 3.00 bits per heavy atom. The molecule has 0 heterocycles. The van der Waals surface area contributed by atoms with E-state index < -0.39 is 6.23 Å². The maximum absolute atomic E-state index is 8.78. The third-order valence-corrected chi connectivity index (χ3v) is 1.50. The lowest BCUT2D eigenvalue weighted by atomic mass is 10.1. The topological polar surface area (TPSA) is 46.2 Å². The molecule has 0 fully saturated rings. The van der Waals surface area contributed by atoms with E-state index in [-0.39, 0.29) is 0 Å². The van der Waals surface area contributed by atoms with Crippen LogP contribution < -0.4 is 5.73 Å². The van der Waals surface area contributed by atoms with Gasteiger partial charge < -0.3 is 10.8 Å². The number of rotatable bonds is 3. The molecule has 0 aliphatic heterocycles. The summed E-state index contributed by atoms with van der Waals surface area (Å²) in [4.78, 5) is 0. The summed E-state index contributed by atoms with van der Waals surface area (Å²) in [6.45, 7) is 0. The molecule has 1 atom stereocenters. The summed E-state index contributed by atoms with van der Waals surface area (Å²) in [5.41, 5.74) is 6.35. The minimum atomic E-state index is -0.699. The lowest BCUT2D eigenvalue weighted by Crippen LogP contribution is -2.19. The predicted octanol–water partition coefficient (Wildman–Crippen LogP) is 0.696. The van der Waals surface area contributed by atoms with E-state index in [1.54, 1.807) is 0 Å². The Bertz CT molecular complexity index is 196. The van der Waals surface area contributed by atoms with Crippen LogP contribution in [-0.4, -0.2) is 11.3 Å². The molecule has 0 bridgehead atoms. The maximum atomic E-state index is 8.78. The van der Waals surface area contributed by atoms with E-state index in [9.17, 15) is 0 Å². The molecule has 2 nitrogen and oxygen atoms in total. The number of nitrogens with two attached hydrogens (primary N) is 1. The zero-order chi connectivity index (χ0) is 8.10. The molecule has 0 aliphatic rings. The molecule has 1 radical (unpaired) electrons. The van der Waals surface area contributed by atoms with Crippen LogP contribution in [-0.2, 0) is 6.42 Å². The molecular formula is C9H12NO. The molecule has 1 aromatic rings. The van der Waals surface area contributed by atoms with E-state index >= 15 is 0 Å². The van der Waals surface area contributed by atoms with E-state index in [2.05, 4.69) is 6.07 Å². The van der Waals surface area contributed by atoms with Crippen molar-refractivity contribution in [2.24, 2.45) is 5.73 Å². The average Bonchev–Trinajstić information content (AvgIpc) is 2.03. The Hall–Kier alpha value is -0.860. The summed E-state index contributed by atoms with van der Waals surface area (Å²) >= 11 is 0. The second-order valence-corrected chi connectivity index (χ2v) is 2.52. The number of hydrogen-bond acceptors (Lipinski definition) is 2. The Balaban J connectivity index is 2.39. The fourth-order valence-electron chi connectivity index (χ4n) is 0.901. The number of aryl methyl sites for hydroxylation is 1. The monoisotopic (exact) mass is 150 g/mol. The second-order valence-electron chi connectivity index (χ2n) is 2.52. The molecule has 59 valence electrons. The molecule has 3 N–H and O–H groups in total. The Morgan fingerprint density at radius 2 is 2.45 bits per heavy atom. The zero-order valence-electron chi connectivity index (χ0n) is 6.33. The van der Waals surface area contributed by atoms with Crippen LogP contribution in [0.1, 0.15) is 12.0 Å². The summed E-state index contributed by atoms with van der Waals surface area (Å²) in [5, 5.41) is 8.78. The number of aliphatic hydroxyl groups excluding tert-OH is 1. The van der Waals surface area contributed by atoms with Gasteiger partial charge in [0.1, 0.15) is 6.23 Å². The van der Waals surface area contributed by atoms with Gasteiger partial charge in [-0.2, -0.15) is 0 Å². The molecule has 0 saturated carbocycles. The van der Waals surface area contributed by atoms with Crippen molar-refractivity contribution in [1.29, 1.82) is 0 Å². The molecule has 2 heteroatoms. The number of aliphatic hydroxyl groups is 1. The van der Waals surface area contributed by atoms with Gasteiger partial charge in [-0.3, -0.25) is 0 Å². The van der Waals surface area contributed by atoms with E-state index in [1.807, 2.05) is 24.3 Å². The lowest BCUT2D eigenvalue weighted by Gasteiger charge is -2.02. The van der Waals surface area contributed by atoms with Gasteiger partial charge in [0.15, 0.2) is 0 Å². The predicted molar refractivity (Wildman–Crippen MR) is 43.8 cm³/mol. The van der Waals surface area contributed by atoms with Crippen molar-refractivity contribution >= 4 is 0 Å². The largest absolute Gasteiger partial charge is 0.379 e. The van der Waals surface area contributed by atoms with Crippen LogP contribution >= 0.6 is 0 Å². The molecule has 1 unspecified atom stereocenters. The third kappa shape index (κ3) is 3.16. The maximum Gasteiger partial charge on any atom is 0.102 e. The third-order valence-electron chi connectivity index (χ3n) is 1.50. The SMILES string of the molecule is NC(O)CCc1c[c]ccc1. The first kappa shape index (κ1) is 8.24. The highest BCUT2D eigenvalue weighted by atomic mass is 16.3. The fourth-order valence-corrected chi connectivity index (χ4v) is 0.901. The quantitative estimate of drug-likeness (QED) is 0.623. The zero-order valence-corrected chi connectivity index (χ0v) is 6.33. The van der Waals surface area contributed by atoms with Gasteiger partial charge in [0.05, 0.1) is 0 Å². The van der Waals surface area contributed by atoms with E-state index in [0.29, 0.717) is 6.42 Å². The summed E-state index contributed by atoms with van der Waals surface area (Å²) in [5.74, 6) is 0. The summed E-state index contributed by atoms with van der Waals surface area (Å²) in [6.07, 6.45) is 0.725. The molecule has 0 amide bonds. The van der Waals surface area contributed by atoms with Gasteiger partial charge in [-0.25, -0.2) is 0 Å². The van der Waals surface area contributed by atoms with Crippen molar-refractivity contribution < 1.29 is 5.11 Å². The van der Waals surface area contributed by atoms with E-state index in [0.717, 1.165) is 12.0 Å². The minimum Gasteiger partial charge on any atom is -0.379 e. The molecule has 1 aromatic carbocycles. The van der Waals surface area contributed by atoms with E-state index in [1.165, 1.54) is 0 Å². The van der Waals surface area contributed by atoms with Crippen molar-refractivity contribution in [2.75, 3.05) is 0 Å². The average molecular weight is 150 g/mol. The molecule has 0 saturated heterocycles. The lowest BCUT2D eigenvalue weighted by molar-refractivity contribution is 0.172. The highest BCUT2D eigenvalue weighted by Gasteiger charge is 1.96. The van der Waals surface area contributed by atoms with Crippen molar-refractivity contribution in [3.8, 4) is 0 Å². The van der Waals surface area contributed by atoms with Crippen molar-refractivity contribution in [1.82, 2.24) is 0 Å². The molecule has 11 heavy (non-hydrogen) atoms. The van der Waals surface area contributed by atoms with Crippen LogP contribution in [0.3, 0.4) is 0 Å². The second kappa shape index (κ2) is 4.11. The standard InChI is InChI=1S/C9H12NO/c10-9(11)7-6-8-4-2-1-3-5-8/h1-2,4-5,9,11H,6-7,10H2. The van der Waals surface area contributed by atoms with Gasteiger partial charge in [0.2, 0.25) is 0 Å². The smallest absolute Gasteiger partial charge is 0.102 e.